The molecule has 0 radical (unpaired) electrons. The molecule has 140 valence electrons. The number of para-hydroxylation sites is 1. The Kier molecular flexibility index (Phi) is 6.78. The number of ether oxygens (including phenoxy) is 3. The van der Waals surface area contributed by atoms with E-state index in [1.54, 1.807) is 30.3 Å². The van der Waals surface area contributed by atoms with Crippen LogP contribution in [0.25, 0.3) is 0 Å². The third kappa shape index (κ3) is 4.98. The molecule has 1 amide bonds. The Morgan fingerprint density at radius 3 is 2.59 bits per heavy atom. The molecule has 0 saturated carbocycles. The minimum absolute atomic E-state index is 0.229. The highest BCUT2D eigenvalue weighted by atomic mass is 16.5. The molecular weight excluding hydrogens is 348 g/mol. The number of amides is 1. The van der Waals surface area contributed by atoms with Gasteiger partial charge in [-0.2, -0.15) is 5.26 Å². The summed E-state index contributed by atoms with van der Waals surface area (Å²) >= 11 is 0. The number of rotatable bonds is 7. The molecule has 0 aromatic heterocycles. The maximum atomic E-state index is 12.3. The number of carbonyl (C=O) groups is 2. The summed E-state index contributed by atoms with van der Waals surface area (Å²) in [6.45, 7) is 3.75. The van der Waals surface area contributed by atoms with E-state index in [4.69, 9.17) is 19.5 Å². The van der Waals surface area contributed by atoms with E-state index in [1.165, 1.54) is 26.2 Å². The molecule has 0 heterocycles. The first-order chi connectivity index (χ1) is 13.0. The normalized spacial score (nSPS) is 11.0. The Labute approximate surface area is 157 Å². The second-order valence-electron chi connectivity index (χ2n) is 5.49. The third-order valence-electron chi connectivity index (χ3n) is 3.66. The summed E-state index contributed by atoms with van der Waals surface area (Å²) < 4.78 is 15.8. The van der Waals surface area contributed by atoms with Crippen LogP contribution in [-0.2, 0) is 9.53 Å². The molecule has 0 fully saturated rings. The largest absolute Gasteiger partial charge is 0.493 e. The molecule has 0 spiro atoms. The lowest BCUT2D eigenvalue weighted by molar-refractivity contribution is -0.123. The summed E-state index contributed by atoms with van der Waals surface area (Å²) in [5, 5.41) is 11.6. The predicted molar refractivity (Wildman–Crippen MR) is 98.8 cm³/mol. The van der Waals surface area contributed by atoms with E-state index < -0.39 is 18.0 Å². The molecule has 0 aliphatic heterocycles. The number of esters is 1. The fraction of sp³-hybridized carbons (Fsp3) is 0.250. The van der Waals surface area contributed by atoms with Crippen LogP contribution in [0, 0.1) is 11.3 Å². The van der Waals surface area contributed by atoms with E-state index in [9.17, 15) is 9.59 Å². The first-order valence-corrected chi connectivity index (χ1v) is 8.32. The number of carbonyl (C=O) groups excluding carboxylic acids is 2. The zero-order valence-electron chi connectivity index (χ0n) is 15.3. The molecule has 2 aromatic carbocycles. The molecule has 0 aliphatic rings. The van der Waals surface area contributed by atoms with Crippen LogP contribution in [0.15, 0.2) is 42.5 Å². The van der Waals surface area contributed by atoms with Crippen molar-refractivity contribution in [3.8, 4) is 17.6 Å². The Morgan fingerprint density at radius 1 is 1.19 bits per heavy atom. The third-order valence-corrected chi connectivity index (χ3v) is 3.66. The predicted octanol–water partition coefficient (Wildman–Crippen LogP) is 3.15. The van der Waals surface area contributed by atoms with Crippen LogP contribution >= 0.6 is 0 Å². The number of methoxy groups -OCH3 is 1. The van der Waals surface area contributed by atoms with Gasteiger partial charge >= 0.3 is 5.97 Å². The first-order valence-electron chi connectivity index (χ1n) is 8.32. The number of hydrogen-bond acceptors (Lipinski definition) is 6. The van der Waals surface area contributed by atoms with E-state index in [0.717, 1.165) is 0 Å². The molecule has 0 aliphatic carbocycles. The Balaban J connectivity index is 2.06. The van der Waals surface area contributed by atoms with Crippen molar-refractivity contribution in [2.75, 3.05) is 19.0 Å². The average Bonchev–Trinajstić information content (AvgIpc) is 2.68. The Morgan fingerprint density at radius 2 is 1.93 bits per heavy atom. The molecule has 27 heavy (non-hydrogen) atoms. The minimum Gasteiger partial charge on any atom is -0.493 e. The monoisotopic (exact) mass is 368 g/mol. The highest BCUT2D eigenvalue weighted by Crippen LogP contribution is 2.28. The van der Waals surface area contributed by atoms with Crippen molar-refractivity contribution in [2.24, 2.45) is 0 Å². The van der Waals surface area contributed by atoms with Gasteiger partial charge in [0, 0.05) is 0 Å². The van der Waals surface area contributed by atoms with E-state index in [1.807, 2.05) is 13.0 Å². The van der Waals surface area contributed by atoms with Crippen molar-refractivity contribution >= 4 is 17.6 Å². The van der Waals surface area contributed by atoms with Gasteiger partial charge in [-0.05, 0) is 44.2 Å². The molecule has 1 atom stereocenters. The van der Waals surface area contributed by atoms with Crippen molar-refractivity contribution in [2.45, 2.75) is 20.0 Å². The summed E-state index contributed by atoms with van der Waals surface area (Å²) in [4.78, 5) is 24.6. The number of nitrogens with one attached hydrogen (secondary N) is 1. The van der Waals surface area contributed by atoms with Crippen LogP contribution in [0.2, 0.25) is 0 Å². The number of hydrogen-bond donors (Lipinski definition) is 1. The number of anilines is 1. The van der Waals surface area contributed by atoms with Crippen molar-refractivity contribution in [1.29, 1.82) is 5.26 Å². The van der Waals surface area contributed by atoms with Crippen molar-refractivity contribution in [3.05, 3.63) is 53.6 Å². The number of benzene rings is 2. The summed E-state index contributed by atoms with van der Waals surface area (Å²) in [6, 6.07) is 13.2. The van der Waals surface area contributed by atoms with Crippen molar-refractivity contribution < 1.29 is 23.8 Å². The van der Waals surface area contributed by atoms with Gasteiger partial charge in [-0.15, -0.1) is 0 Å². The van der Waals surface area contributed by atoms with Crippen LogP contribution in [0.1, 0.15) is 29.8 Å². The van der Waals surface area contributed by atoms with Crippen LogP contribution in [-0.4, -0.2) is 31.7 Å². The Hall–Kier alpha value is -3.53. The van der Waals surface area contributed by atoms with Gasteiger partial charge in [0.1, 0.15) is 6.07 Å². The fourth-order valence-electron chi connectivity index (χ4n) is 2.28. The average molecular weight is 368 g/mol. The zero-order chi connectivity index (χ0) is 19.8. The van der Waals surface area contributed by atoms with Gasteiger partial charge < -0.3 is 19.5 Å². The lowest BCUT2D eigenvalue weighted by Gasteiger charge is -2.15. The van der Waals surface area contributed by atoms with Crippen LogP contribution in [0.5, 0.6) is 11.5 Å². The molecule has 0 saturated heterocycles. The Bertz CT molecular complexity index is 873. The number of nitrogens with zero attached hydrogens (tertiary/aromatic N) is 1. The highest BCUT2D eigenvalue weighted by molar-refractivity contribution is 5.98. The zero-order valence-corrected chi connectivity index (χ0v) is 15.3. The number of nitriles is 1. The van der Waals surface area contributed by atoms with Crippen molar-refractivity contribution in [1.82, 2.24) is 0 Å². The topological polar surface area (TPSA) is 97.6 Å². The van der Waals surface area contributed by atoms with Crippen LogP contribution < -0.4 is 14.8 Å². The van der Waals surface area contributed by atoms with Gasteiger partial charge in [-0.3, -0.25) is 4.79 Å². The summed E-state index contributed by atoms with van der Waals surface area (Å²) in [7, 11) is 1.47. The van der Waals surface area contributed by atoms with Crippen LogP contribution in [0.4, 0.5) is 5.69 Å². The van der Waals surface area contributed by atoms with E-state index in [2.05, 4.69) is 5.32 Å². The standard InChI is InChI=1S/C20H20N2O5/c1-4-26-17-10-9-14(11-18(17)25-3)20(24)27-13(2)19(23)22-16-8-6-5-7-15(16)12-21/h5-11,13H,4H2,1-3H3,(H,22,23)/t13-/m0/s1. The second kappa shape index (κ2) is 9.25. The van der Waals surface area contributed by atoms with Gasteiger partial charge in [0.2, 0.25) is 0 Å². The molecule has 7 heteroatoms. The van der Waals surface area contributed by atoms with E-state index >= 15 is 0 Å². The minimum atomic E-state index is -1.05. The molecule has 2 aromatic rings. The highest BCUT2D eigenvalue weighted by Gasteiger charge is 2.21. The summed E-state index contributed by atoms with van der Waals surface area (Å²) in [6.07, 6.45) is -1.05. The van der Waals surface area contributed by atoms with Gasteiger partial charge in [0.05, 0.1) is 30.5 Å². The van der Waals surface area contributed by atoms with E-state index in [-0.39, 0.29) is 5.56 Å². The van der Waals surface area contributed by atoms with Gasteiger partial charge in [-0.1, -0.05) is 12.1 Å². The first kappa shape index (κ1) is 19.8. The molecule has 0 unspecified atom stereocenters. The second-order valence-corrected chi connectivity index (χ2v) is 5.49. The summed E-state index contributed by atoms with van der Waals surface area (Å²) in [5.41, 5.74) is 0.906. The molecular formula is C20H20N2O5. The van der Waals surface area contributed by atoms with E-state index in [0.29, 0.717) is 29.4 Å². The smallest absolute Gasteiger partial charge is 0.339 e. The van der Waals surface area contributed by atoms with Crippen LogP contribution in [0.3, 0.4) is 0 Å². The maximum Gasteiger partial charge on any atom is 0.339 e. The maximum absolute atomic E-state index is 12.3. The lowest BCUT2D eigenvalue weighted by atomic mass is 10.2. The SMILES string of the molecule is CCOc1ccc(C(=O)O[C@@H](C)C(=O)Nc2ccccc2C#N)cc1OC. The molecule has 0 bridgehead atoms. The van der Waals surface area contributed by atoms with Gasteiger partial charge in [-0.25, -0.2) is 4.79 Å². The van der Waals surface area contributed by atoms with Gasteiger partial charge in [0.25, 0.3) is 5.91 Å². The summed E-state index contributed by atoms with van der Waals surface area (Å²) in [5.74, 6) is -0.307. The lowest BCUT2D eigenvalue weighted by Crippen LogP contribution is -2.30. The van der Waals surface area contributed by atoms with Crippen molar-refractivity contribution in [3.63, 3.8) is 0 Å². The molecule has 7 nitrogen and oxygen atoms in total. The molecule has 1 N–H and O–H groups in total. The quantitative estimate of drug-likeness (QED) is 0.754. The fourth-order valence-corrected chi connectivity index (χ4v) is 2.28. The van der Waals surface area contributed by atoms with Gasteiger partial charge in [0.15, 0.2) is 17.6 Å². The molecule has 2 rings (SSSR count).